The number of nitrogens with zero attached hydrogens (tertiary/aromatic N) is 1. The molecule has 0 unspecified atom stereocenters. The standard InChI is InChI=1S/C22H26N2O5/c25-22(16-27-19-4-2-1-3-5-19)24(9-8-23-10-12-26-13-11-23)15-18-6-7-20-21(14-18)29-17-28-20/h1-7,14H,8-13,15-17H2/p+1. The van der Waals surface area contributed by atoms with Crippen molar-refractivity contribution < 1.29 is 28.6 Å². The number of fused-ring (bicyclic) bond motifs is 1. The Morgan fingerprint density at radius 2 is 1.83 bits per heavy atom. The molecule has 154 valence electrons. The second-order valence-electron chi connectivity index (χ2n) is 7.22. The Labute approximate surface area is 170 Å². The first-order valence-corrected chi connectivity index (χ1v) is 10.0. The monoisotopic (exact) mass is 399 g/mol. The van der Waals surface area contributed by atoms with Crippen molar-refractivity contribution in [2.75, 3.05) is 52.8 Å². The van der Waals surface area contributed by atoms with E-state index in [9.17, 15) is 4.79 Å². The number of rotatable bonds is 8. The minimum absolute atomic E-state index is 0.0208. The summed E-state index contributed by atoms with van der Waals surface area (Å²) in [4.78, 5) is 16.3. The average molecular weight is 399 g/mol. The highest BCUT2D eigenvalue weighted by Crippen LogP contribution is 2.32. The van der Waals surface area contributed by atoms with E-state index in [1.54, 1.807) is 0 Å². The fraction of sp³-hybridized carbons (Fsp3) is 0.409. The molecule has 1 amide bonds. The number of quaternary nitrogens is 1. The zero-order chi connectivity index (χ0) is 19.9. The van der Waals surface area contributed by atoms with Gasteiger partial charge in [0.15, 0.2) is 18.1 Å². The fourth-order valence-corrected chi connectivity index (χ4v) is 3.51. The van der Waals surface area contributed by atoms with Crippen LogP contribution in [0.2, 0.25) is 0 Å². The number of benzene rings is 2. The maximum atomic E-state index is 12.9. The van der Waals surface area contributed by atoms with E-state index in [1.165, 1.54) is 4.90 Å². The molecule has 0 bridgehead atoms. The van der Waals surface area contributed by atoms with Crippen LogP contribution in [0.4, 0.5) is 0 Å². The first-order chi connectivity index (χ1) is 14.3. The van der Waals surface area contributed by atoms with Crippen LogP contribution in [0.5, 0.6) is 17.2 Å². The summed E-state index contributed by atoms with van der Waals surface area (Å²) in [6.07, 6.45) is 0. The normalized spacial score (nSPS) is 15.9. The molecular formula is C22H27N2O5+. The van der Waals surface area contributed by atoms with Crippen LogP contribution in [-0.2, 0) is 16.1 Å². The van der Waals surface area contributed by atoms with Crippen molar-refractivity contribution in [1.82, 2.24) is 4.90 Å². The summed E-state index contributed by atoms with van der Waals surface area (Å²) in [5.74, 6) is 2.15. The molecule has 1 fully saturated rings. The lowest BCUT2D eigenvalue weighted by molar-refractivity contribution is -0.907. The average Bonchev–Trinajstić information content (AvgIpc) is 3.24. The molecule has 0 radical (unpaired) electrons. The number of amides is 1. The van der Waals surface area contributed by atoms with E-state index in [1.807, 2.05) is 53.4 Å². The van der Waals surface area contributed by atoms with Crippen LogP contribution >= 0.6 is 0 Å². The van der Waals surface area contributed by atoms with Gasteiger partial charge in [0.25, 0.3) is 5.91 Å². The molecule has 7 nitrogen and oxygen atoms in total. The molecule has 0 aromatic heterocycles. The van der Waals surface area contributed by atoms with Gasteiger partial charge in [-0.05, 0) is 29.8 Å². The van der Waals surface area contributed by atoms with Crippen molar-refractivity contribution >= 4 is 5.91 Å². The van der Waals surface area contributed by atoms with Crippen molar-refractivity contribution in [2.24, 2.45) is 0 Å². The van der Waals surface area contributed by atoms with E-state index in [-0.39, 0.29) is 19.3 Å². The Morgan fingerprint density at radius 3 is 2.66 bits per heavy atom. The van der Waals surface area contributed by atoms with E-state index in [0.717, 1.165) is 49.9 Å². The molecular weight excluding hydrogens is 372 g/mol. The van der Waals surface area contributed by atoms with Gasteiger partial charge in [0, 0.05) is 6.54 Å². The summed E-state index contributed by atoms with van der Waals surface area (Å²) in [6.45, 7) is 5.85. The number of carbonyl (C=O) groups excluding carboxylic acids is 1. The molecule has 0 aliphatic carbocycles. The highest BCUT2D eigenvalue weighted by molar-refractivity contribution is 5.77. The molecule has 2 aliphatic rings. The lowest BCUT2D eigenvalue weighted by atomic mass is 10.2. The predicted molar refractivity (Wildman–Crippen MR) is 106 cm³/mol. The molecule has 0 spiro atoms. The zero-order valence-electron chi connectivity index (χ0n) is 16.5. The Bertz CT molecular complexity index is 808. The van der Waals surface area contributed by atoms with Crippen molar-refractivity contribution in [2.45, 2.75) is 6.54 Å². The van der Waals surface area contributed by atoms with E-state index in [0.29, 0.717) is 18.8 Å². The topological polar surface area (TPSA) is 61.7 Å². The summed E-state index contributed by atoms with van der Waals surface area (Å²) in [7, 11) is 0. The van der Waals surface area contributed by atoms with Crippen LogP contribution in [0, 0.1) is 0 Å². The van der Waals surface area contributed by atoms with Gasteiger partial charge in [0.2, 0.25) is 6.79 Å². The number of nitrogens with one attached hydrogen (secondary N) is 1. The molecule has 0 saturated carbocycles. The fourth-order valence-electron chi connectivity index (χ4n) is 3.51. The lowest BCUT2D eigenvalue weighted by Crippen LogP contribution is -3.14. The largest absolute Gasteiger partial charge is 0.484 e. The number of para-hydroxylation sites is 1. The Kier molecular flexibility index (Phi) is 6.49. The van der Waals surface area contributed by atoms with Gasteiger partial charge in [-0.3, -0.25) is 4.79 Å². The second-order valence-corrected chi connectivity index (χ2v) is 7.22. The number of morpholine rings is 1. The van der Waals surface area contributed by atoms with Crippen LogP contribution in [0.3, 0.4) is 0 Å². The SMILES string of the molecule is O=C(COc1ccccc1)N(CC[NH+]1CCOCC1)Cc1ccc2c(c1)OCO2. The van der Waals surface area contributed by atoms with Gasteiger partial charge in [-0.1, -0.05) is 24.3 Å². The molecule has 2 aromatic carbocycles. The minimum Gasteiger partial charge on any atom is -0.484 e. The summed E-state index contributed by atoms with van der Waals surface area (Å²) < 4.78 is 22.0. The Morgan fingerprint density at radius 1 is 1.03 bits per heavy atom. The molecule has 0 atom stereocenters. The van der Waals surface area contributed by atoms with Gasteiger partial charge >= 0.3 is 0 Å². The Hall–Kier alpha value is -2.77. The quantitative estimate of drug-likeness (QED) is 0.710. The first kappa shape index (κ1) is 19.5. The summed E-state index contributed by atoms with van der Waals surface area (Å²) in [5, 5.41) is 0. The minimum atomic E-state index is -0.0285. The van der Waals surface area contributed by atoms with Gasteiger partial charge in [-0.2, -0.15) is 0 Å². The molecule has 2 aliphatic heterocycles. The molecule has 1 saturated heterocycles. The number of carbonyl (C=O) groups is 1. The summed E-state index contributed by atoms with van der Waals surface area (Å²) >= 11 is 0. The molecule has 7 heteroatoms. The molecule has 29 heavy (non-hydrogen) atoms. The van der Waals surface area contributed by atoms with Gasteiger partial charge in [0.1, 0.15) is 18.8 Å². The summed E-state index contributed by atoms with van der Waals surface area (Å²) in [6, 6.07) is 15.2. The maximum absolute atomic E-state index is 12.9. The van der Waals surface area contributed by atoms with E-state index < -0.39 is 0 Å². The van der Waals surface area contributed by atoms with E-state index in [4.69, 9.17) is 18.9 Å². The highest BCUT2D eigenvalue weighted by Gasteiger charge is 2.21. The number of hydrogen-bond acceptors (Lipinski definition) is 5. The predicted octanol–water partition coefficient (Wildman–Crippen LogP) is 0.738. The van der Waals surface area contributed by atoms with Crippen molar-refractivity contribution in [3.63, 3.8) is 0 Å². The smallest absolute Gasteiger partial charge is 0.261 e. The second kappa shape index (κ2) is 9.62. The third-order valence-electron chi connectivity index (χ3n) is 5.20. The highest BCUT2D eigenvalue weighted by atomic mass is 16.7. The van der Waals surface area contributed by atoms with Crippen LogP contribution in [0.1, 0.15) is 5.56 Å². The number of ether oxygens (including phenoxy) is 4. The van der Waals surface area contributed by atoms with Crippen LogP contribution in [-0.4, -0.2) is 63.6 Å². The van der Waals surface area contributed by atoms with Crippen LogP contribution in [0.15, 0.2) is 48.5 Å². The van der Waals surface area contributed by atoms with Gasteiger partial charge in [-0.15, -0.1) is 0 Å². The molecule has 4 rings (SSSR count). The third kappa shape index (κ3) is 5.40. The number of hydrogen-bond donors (Lipinski definition) is 1. The maximum Gasteiger partial charge on any atom is 0.261 e. The Balaban J connectivity index is 1.40. The lowest BCUT2D eigenvalue weighted by Gasteiger charge is -2.28. The van der Waals surface area contributed by atoms with E-state index in [2.05, 4.69) is 0 Å². The van der Waals surface area contributed by atoms with Gasteiger partial charge in [0.05, 0.1) is 26.3 Å². The van der Waals surface area contributed by atoms with Crippen molar-refractivity contribution in [3.05, 3.63) is 54.1 Å². The van der Waals surface area contributed by atoms with E-state index >= 15 is 0 Å². The van der Waals surface area contributed by atoms with Crippen LogP contribution < -0.4 is 19.1 Å². The zero-order valence-corrected chi connectivity index (χ0v) is 16.5. The molecule has 2 aromatic rings. The summed E-state index contributed by atoms with van der Waals surface area (Å²) in [5.41, 5.74) is 1.01. The first-order valence-electron chi connectivity index (χ1n) is 10.0. The van der Waals surface area contributed by atoms with Gasteiger partial charge < -0.3 is 28.7 Å². The van der Waals surface area contributed by atoms with Crippen molar-refractivity contribution in [1.29, 1.82) is 0 Å². The third-order valence-corrected chi connectivity index (χ3v) is 5.20. The van der Waals surface area contributed by atoms with Crippen molar-refractivity contribution in [3.8, 4) is 17.2 Å². The van der Waals surface area contributed by atoms with Crippen LogP contribution in [0.25, 0.3) is 0 Å². The van der Waals surface area contributed by atoms with Gasteiger partial charge in [-0.25, -0.2) is 0 Å². The molecule has 2 heterocycles. The molecule has 1 N–H and O–H groups in total.